The highest BCUT2D eigenvalue weighted by Gasteiger charge is 2.39. The molecule has 116 valence electrons. The largest absolute Gasteiger partial charge is 0.481 e. The lowest BCUT2D eigenvalue weighted by molar-refractivity contribution is -0.141. The lowest BCUT2D eigenvalue weighted by atomic mass is 9.67. The first kappa shape index (κ1) is 16.0. The fourth-order valence-corrected chi connectivity index (χ4v) is 4.18. The molecule has 1 aromatic rings. The fraction of sp³-hybridized carbons (Fsp3) is 0.533. The van der Waals surface area contributed by atoms with Crippen molar-refractivity contribution in [3.05, 3.63) is 29.3 Å². The van der Waals surface area contributed by atoms with Crippen LogP contribution in [0.3, 0.4) is 0 Å². The van der Waals surface area contributed by atoms with Crippen molar-refractivity contribution >= 4 is 16.0 Å². The Morgan fingerprint density at radius 2 is 1.81 bits per heavy atom. The molecule has 0 aliphatic heterocycles. The molecule has 0 spiro atoms. The molecule has 1 saturated carbocycles. The van der Waals surface area contributed by atoms with E-state index >= 15 is 0 Å². The summed E-state index contributed by atoms with van der Waals surface area (Å²) in [5.74, 6) is -0.875. The molecule has 2 N–H and O–H groups in total. The van der Waals surface area contributed by atoms with Gasteiger partial charge in [0.1, 0.15) is 0 Å². The highest BCUT2D eigenvalue weighted by molar-refractivity contribution is 7.89. The van der Waals surface area contributed by atoms with Gasteiger partial charge in [0.25, 0.3) is 0 Å². The van der Waals surface area contributed by atoms with Crippen molar-refractivity contribution in [1.82, 2.24) is 4.72 Å². The zero-order chi connectivity index (χ0) is 15.7. The van der Waals surface area contributed by atoms with E-state index in [1.54, 1.807) is 12.1 Å². The Balaban J connectivity index is 2.12. The molecule has 1 aliphatic carbocycles. The van der Waals surface area contributed by atoms with Gasteiger partial charge in [-0.05, 0) is 55.4 Å². The van der Waals surface area contributed by atoms with Gasteiger partial charge in [0.15, 0.2) is 0 Å². The summed E-state index contributed by atoms with van der Waals surface area (Å²) in [5.41, 5.74) is 1.36. The molecule has 0 unspecified atom stereocenters. The number of hydrogen-bond donors (Lipinski definition) is 2. The maximum Gasteiger partial charge on any atom is 0.303 e. The molecule has 5 nitrogen and oxygen atoms in total. The third-order valence-electron chi connectivity index (χ3n) is 4.08. The molecule has 0 saturated heterocycles. The van der Waals surface area contributed by atoms with Crippen molar-refractivity contribution in [2.24, 2.45) is 5.41 Å². The summed E-state index contributed by atoms with van der Waals surface area (Å²) in [6.07, 6.45) is 2.49. The molecule has 1 aliphatic rings. The molecule has 0 radical (unpaired) electrons. The van der Waals surface area contributed by atoms with Crippen molar-refractivity contribution in [3.63, 3.8) is 0 Å². The highest BCUT2D eigenvalue weighted by Crippen LogP contribution is 2.43. The van der Waals surface area contributed by atoms with E-state index in [2.05, 4.69) is 4.72 Å². The van der Waals surface area contributed by atoms with Crippen molar-refractivity contribution in [3.8, 4) is 0 Å². The summed E-state index contributed by atoms with van der Waals surface area (Å²) in [5, 5.41) is 8.96. The van der Waals surface area contributed by atoms with Crippen molar-refractivity contribution in [1.29, 1.82) is 0 Å². The van der Waals surface area contributed by atoms with E-state index in [9.17, 15) is 13.2 Å². The van der Waals surface area contributed by atoms with Gasteiger partial charge in [-0.3, -0.25) is 4.79 Å². The molecule has 21 heavy (non-hydrogen) atoms. The van der Waals surface area contributed by atoms with Gasteiger partial charge in [0, 0.05) is 6.54 Å². The Labute approximate surface area is 125 Å². The van der Waals surface area contributed by atoms with E-state index in [1.165, 1.54) is 0 Å². The number of aliphatic carboxylic acids is 1. The minimum absolute atomic E-state index is 0.0162. The minimum Gasteiger partial charge on any atom is -0.481 e. The molecule has 0 atom stereocenters. The maximum atomic E-state index is 12.4. The molecule has 0 bridgehead atoms. The number of benzene rings is 1. The third-order valence-corrected chi connectivity index (χ3v) is 5.46. The standard InChI is InChI=1S/C15H21NO4S/c1-11-6-12(2)8-13(7-11)21(19,20)16-10-15(4-3-5-15)9-14(17)18/h6-8,16H,3-5,9-10H2,1-2H3,(H,17,18). The highest BCUT2D eigenvalue weighted by atomic mass is 32.2. The van der Waals surface area contributed by atoms with Gasteiger partial charge in [-0.2, -0.15) is 0 Å². The Bertz CT molecular complexity index is 627. The van der Waals surface area contributed by atoms with Crippen LogP contribution in [0.15, 0.2) is 23.1 Å². The Morgan fingerprint density at radius 3 is 2.24 bits per heavy atom. The predicted octanol–water partition coefficient (Wildman–Crippen LogP) is 2.23. The lowest BCUT2D eigenvalue weighted by Crippen LogP contribution is -2.43. The van der Waals surface area contributed by atoms with Crippen LogP contribution in [0.2, 0.25) is 0 Å². The average Bonchev–Trinajstić information content (AvgIpc) is 2.31. The van der Waals surface area contributed by atoms with Crippen LogP contribution in [-0.2, 0) is 14.8 Å². The number of sulfonamides is 1. The van der Waals surface area contributed by atoms with Gasteiger partial charge in [-0.15, -0.1) is 0 Å². The van der Waals surface area contributed by atoms with Crippen LogP contribution < -0.4 is 4.72 Å². The molecule has 0 aromatic heterocycles. The molecule has 0 amide bonds. The first-order chi connectivity index (χ1) is 9.72. The molecule has 2 rings (SSSR count). The predicted molar refractivity (Wildman–Crippen MR) is 79.6 cm³/mol. The third kappa shape index (κ3) is 3.83. The smallest absolute Gasteiger partial charge is 0.303 e. The van der Waals surface area contributed by atoms with Crippen LogP contribution >= 0.6 is 0 Å². The summed E-state index contributed by atoms with van der Waals surface area (Å²) in [6.45, 7) is 3.89. The number of rotatable bonds is 6. The average molecular weight is 311 g/mol. The van der Waals surface area contributed by atoms with Gasteiger partial charge in [0.05, 0.1) is 11.3 Å². The van der Waals surface area contributed by atoms with Crippen LogP contribution in [-0.4, -0.2) is 26.0 Å². The Morgan fingerprint density at radius 1 is 1.24 bits per heavy atom. The van der Waals surface area contributed by atoms with Crippen LogP contribution in [0.5, 0.6) is 0 Å². The molecule has 0 heterocycles. The van der Waals surface area contributed by atoms with Gasteiger partial charge < -0.3 is 5.11 Å². The normalized spacial score (nSPS) is 17.2. The minimum atomic E-state index is -3.59. The Kier molecular flexibility index (Phi) is 4.39. The van der Waals surface area contributed by atoms with Crippen molar-refractivity contribution < 1.29 is 18.3 Å². The van der Waals surface area contributed by atoms with E-state index in [4.69, 9.17) is 5.11 Å². The second kappa shape index (κ2) is 5.77. The van der Waals surface area contributed by atoms with Gasteiger partial charge >= 0.3 is 5.97 Å². The number of carboxylic acid groups (broad SMARTS) is 1. The number of hydrogen-bond acceptors (Lipinski definition) is 3. The van der Waals surface area contributed by atoms with Crippen LogP contribution in [0, 0.1) is 19.3 Å². The quantitative estimate of drug-likeness (QED) is 0.844. The number of aryl methyl sites for hydroxylation is 2. The fourth-order valence-electron chi connectivity index (χ4n) is 2.83. The number of nitrogens with one attached hydrogen (secondary N) is 1. The summed E-state index contributed by atoms with van der Waals surface area (Å²) < 4.78 is 27.3. The second-order valence-corrected chi connectivity index (χ2v) is 7.84. The molecule has 6 heteroatoms. The van der Waals surface area contributed by atoms with E-state index in [0.29, 0.717) is 0 Å². The summed E-state index contributed by atoms with van der Waals surface area (Å²) in [7, 11) is -3.59. The zero-order valence-electron chi connectivity index (χ0n) is 12.3. The van der Waals surface area contributed by atoms with Crippen molar-refractivity contribution in [2.75, 3.05) is 6.54 Å². The molecular formula is C15H21NO4S. The monoisotopic (exact) mass is 311 g/mol. The van der Waals surface area contributed by atoms with E-state index in [-0.39, 0.29) is 17.9 Å². The summed E-state index contributed by atoms with van der Waals surface area (Å²) in [6, 6.07) is 5.16. The zero-order valence-corrected chi connectivity index (χ0v) is 13.2. The maximum absolute atomic E-state index is 12.4. The van der Waals surface area contributed by atoms with Crippen LogP contribution in [0.4, 0.5) is 0 Å². The van der Waals surface area contributed by atoms with Gasteiger partial charge in [0.2, 0.25) is 10.0 Å². The molecule has 1 aromatic carbocycles. The summed E-state index contributed by atoms with van der Waals surface area (Å²) >= 11 is 0. The Hall–Kier alpha value is -1.40. The first-order valence-electron chi connectivity index (χ1n) is 7.02. The van der Waals surface area contributed by atoms with Crippen LogP contribution in [0.1, 0.15) is 36.8 Å². The van der Waals surface area contributed by atoms with Gasteiger partial charge in [-0.25, -0.2) is 13.1 Å². The topological polar surface area (TPSA) is 83.5 Å². The van der Waals surface area contributed by atoms with E-state index < -0.39 is 21.4 Å². The first-order valence-corrected chi connectivity index (χ1v) is 8.51. The van der Waals surface area contributed by atoms with Gasteiger partial charge in [-0.1, -0.05) is 12.5 Å². The lowest BCUT2D eigenvalue weighted by Gasteiger charge is -2.40. The van der Waals surface area contributed by atoms with E-state index in [1.807, 2.05) is 19.9 Å². The van der Waals surface area contributed by atoms with E-state index in [0.717, 1.165) is 30.4 Å². The number of carbonyl (C=O) groups is 1. The van der Waals surface area contributed by atoms with Crippen LogP contribution in [0.25, 0.3) is 0 Å². The molecular weight excluding hydrogens is 290 g/mol. The SMILES string of the molecule is Cc1cc(C)cc(S(=O)(=O)NCC2(CC(=O)O)CCC2)c1. The second-order valence-electron chi connectivity index (χ2n) is 6.07. The van der Waals surface area contributed by atoms with Crippen molar-refractivity contribution in [2.45, 2.75) is 44.4 Å². The number of carboxylic acids is 1. The summed E-state index contributed by atoms with van der Waals surface area (Å²) in [4.78, 5) is 11.2. The molecule has 1 fully saturated rings.